The van der Waals surface area contributed by atoms with E-state index < -0.39 is 11.6 Å². The maximum absolute atomic E-state index is 14.3. The van der Waals surface area contributed by atoms with Crippen molar-refractivity contribution in [3.05, 3.63) is 188 Å². The van der Waals surface area contributed by atoms with Crippen LogP contribution < -0.4 is 19.3 Å². The van der Waals surface area contributed by atoms with Crippen molar-refractivity contribution >= 4 is 74.9 Å². The highest BCUT2D eigenvalue weighted by Crippen LogP contribution is 2.53. The summed E-state index contributed by atoms with van der Waals surface area (Å²) in [5.41, 5.74) is 5.98. The molecule has 8 rings (SSSR count). The molecule has 0 atom stereocenters. The second kappa shape index (κ2) is 18.2. The summed E-state index contributed by atoms with van der Waals surface area (Å²) in [4.78, 5) is 19.1. The zero-order valence-electron chi connectivity index (χ0n) is 33.1. The number of benzene rings is 5. The summed E-state index contributed by atoms with van der Waals surface area (Å²) in [5.74, 6) is 0.689. The number of cyclic esters (lactones) is 1. The van der Waals surface area contributed by atoms with Crippen LogP contribution in [0.25, 0.3) is 11.1 Å². The Morgan fingerprint density at radius 2 is 0.933 bits per heavy atom. The van der Waals surface area contributed by atoms with E-state index in [2.05, 4.69) is 71.5 Å². The average molecular weight is 879 g/mol. The molecule has 2 saturated heterocycles. The molecular formula is C50H44Cl4N2O4. The number of anilines is 2. The highest BCUT2D eigenvalue weighted by molar-refractivity contribution is 6.53. The van der Waals surface area contributed by atoms with Gasteiger partial charge in [0.05, 0.1) is 25.7 Å². The topological polar surface area (TPSA) is 51.2 Å². The molecule has 5 aromatic carbocycles. The largest absolute Gasteiger partial charge is 0.490 e. The van der Waals surface area contributed by atoms with Gasteiger partial charge in [-0.05, 0) is 120 Å². The van der Waals surface area contributed by atoms with E-state index in [9.17, 15) is 4.79 Å². The van der Waals surface area contributed by atoms with Gasteiger partial charge in [0.25, 0.3) is 0 Å². The van der Waals surface area contributed by atoms with E-state index in [1.54, 1.807) is 12.2 Å². The molecule has 0 aromatic heterocycles. The second-order valence-electron chi connectivity index (χ2n) is 15.0. The molecule has 3 aliphatic rings. The van der Waals surface area contributed by atoms with Crippen LogP contribution in [0.2, 0.25) is 20.1 Å². The first-order valence-electron chi connectivity index (χ1n) is 20.1. The number of fused-ring (bicyclic) bond motifs is 1. The van der Waals surface area contributed by atoms with Crippen molar-refractivity contribution in [3.8, 4) is 11.5 Å². The number of hydrogen-bond donors (Lipinski definition) is 0. The summed E-state index contributed by atoms with van der Waals surface area (Å²) in [5, 5.41) is 0.0268. The number of ether oxygens (including phenoxy) is 3. The number of halogens is 4. The molecule has 0 unspecified atom stereocenters. The second-order valence-corrected chi connectivity index (χ2v) is 16.5. The van der Waals surface area contributed by atoms with Crippen molar-refractivity contribution in [2.45, 2.75) is 31.3 Å². The number of carbonyl (C=O) groups is 1. The van der Waals surface area contributed by atoms with Crippen molar-refractivity contribution in [2.24, 2.45) is 0 Å². The zero-order chi connectivity index (χ0) is 41.8. The van der Waals surface area contributed by atoms with Crippen LogP contribution in [0.5, 0.6) is 11.5 Å². The van der Waals surface area contributed by atoms with Gasteiger partial charge in [0.1, 0.15) is 24.7 Å². The van der Waals surface area contributed by atoms with Gasteiger partial charge in [-0.3, -0.25) is 0 Å². The van der Waals surface area contributed by atoms with Crippen LogP contribution in [0.1, 0.15) is 63.9 Å². The highest BCUT2D eigenvalue weighted by atomic mass is 35.5. The number of nitrogens with zero attached hydrogens (tertiary/aromatic N) is 2. The Kier molecular flexibility index (Phi) is 12.7. The fourth-order valence-electron chi connectivity index (χ4n) is 8.21. The third kappa shape index (κ3) is 8.44. The van der Waals surface area contributed by atoms with E-state index in [1.165, 1.54) is 0 Å². The van der Waals surface area contributed by atoms with Crippen LogP contribution in [-0.2, 0) is 10.3 Å². The van der Waals surface area contributed by atoms with Crippen molar-refractivity contribution in [3.63, 3.8) is 0 Å². The number of carbonyl (C=O) groups excluding carboxylic acids is 1. The number of esters is 1. The van der Waals surface area contributed by atoms with E-state index in [-0.39, 0.29) is 25.7 Å². The van der Waals surface area contributed by atoms with E-state index in [0.717, 1.165) is 96.6 Å². The van der Waals surface area contributed by atoms with Gasteiger partial charge < -0.3 is 24.0 Å². The highest BCUT2D eigenvalue weighted by Gasteiger charge is 2.48. The molecule has 0 saturated carbocycles. The average Bonchev–Trinajstić information content (AvgIpc) is 4.08. The van der Waals surface area contributed by atoms with Gasteiger partial charge in [0.2, 0.25) is 0 Å². The van der Waals surface area contributed by atoms with Gasteiger partial charge in [-0.15, -0.1) is 0 Å². The molecule has 0 spiro atoms. The lowest BCUT2D eigenvalue weighted by Crippen LogP contribution is -2.23. The molecule has 0 N–H and O–H groups in total. The summed E-state index contributed by atoms with van der Waals surface area (Å²) in [6, 6.07) is 32.5. The van der Waals surface area contributed by atoms with Crippen molar-refractivity contribution in [1.29, 1.82) is 0 Å². The summed E-state index contributed by atoms with van der Waals surface area (Å²) in [6.07, 6.45) is 11.9. The first-order valence-corrected chi connectivity index (χ1v) is 21.7. The van der Waals surface area contributed by atoms with Gasteiger partial charge in [0.15, 0.2) is 5.60 Å². The molecule has 306 valence electrons. The first kappa shape index (κ1) is 41.6. The Hall–Kier alpha value is -5.11. The molecule has 10 heteroatoms. The molecule has 0 aliphatic carbocycles. The summed E-state index contributed by atoms with van der Waals surface area (Å²) >= 11 is 27.6. The van der Waals surface area contributed by atoms with Crippen LogP contribution in [-0.4, -0.2) is 45.4 Å². The minimum atomic E-state index is -1.65. The number of rotatable bonds is 14. The van der Waals surface area contributed by atoms with Gasteiger partial charge >= 0.3 is 5.97 Å². The molecule has 0 bridgehead atoms. The molecule has 2 fully saturated rings. The summed E-state index contributed by atoms with van der Waals surface area (Å²) in [7, 11) is 0. The summed E-state index contributed by atoms with van der Waals surface area (Å²) < 4.78 is 18.4. The molecular weight excluding hydrogens is 834 g/mol. The van der Waals surface area contributed by atoms with Crippen molar-refractivity contribution < 1.29 is 19.0 Å². The third-order valence-corrected chi connectivity index (χ3v) is 13.0. The monoisotopic (exact) mass is 876 g/mol. The Morgan fingerprint density at radius 1 is 0.567 bits per heavy atom. The molecule has 0 radical (unpaired) electrons. The smallest absolute Gasteiger partial charge is 0.341 e. The lowest BCUT2D eigenvalue weighted by molar-refractivity contribution is 0.0300. The Labute approximate surface area is 371 Å². The normalized spacial score (nSPS) is 16.2. The fraction of sp³-hybridized carbons (Fsp3) is 0.220. The number of hydrogen-bond acceptors (Lipinski definition) is 6. The Morgan fingerprint density at radius 3 is 1.32 bits per heavy atom. The predicted octanol–water partition coefficient (Wildman–Crippen LogP) is 13.3. The van der Waals surface area contributed by atoms with Crippen molar-refractivity contribution in [1.82, 2.24) is 0 Å². The van der Waals surface area contributed by atoms with E-state index >= 15 is 0 Å². The maximum atomic E-state index is 14.3. The third-order valence-electron chi connectivity index (χ3n) is 11.2. The lowest BCUT2D eigenvalue weighted by atomic mass is 9.83. The Balaban J connectivity index is 1.39. The zero-order valence-corrected chi connectivity index (χ0v) is 36.1. The van der Waals surface area contributed by atoms with Gasteiger partial charge in [0, 0.05) is 43.1 Å². The molecule has 6 nitrogen and oxygen atoms in total. The van der Waals surface area contributed by atoms with Gasteiger partial charge in [-0.25, -0.2) is 4.79 Å². The maximum Gasteiger partial charge on any atom is 0.341 e. The first-order chi connectivity index (χ1) is 29.2. The van der Waals surface area contributed by atoms with Gasteiger partial charge in [-0.2, -0.15) is 0 Å². The standard InChI is InChI=1S/C50H44Cl4N2O4/c1-3-29-58-39-21-13-35(14-22-39)41(33-9-17-37(18-10-33)55-25-5-6-26-55)31-50(44-43(49(57)60-50)45(51)47(53)48(54)46(44)52)32-42(36-15-23-40(24-16-36)59-30-4-2)34-11-19-38(20-12-34)56-27-7-8-28-56/h3-4,9-24,31-32H,1-2,5-8,25-30H2/b41-31-,42-32-. The molecule has 0 amide bonds. The van der Waals surface area contributed by atoms with Gasteiger partial charge in [-0.1, -0.05) is 120 Å². The fourth-order valence-corrected chi connectivity index (χ4v) is 9.29. The van der Waals surface area contributed by atoms with E-state index in [4.69, 9.17) is 60.6 Å². The Bertz CT molecular complexity index is 2320. The predicted molar refractivity (Wildman–Crippen MR) is 248 cm³/mol. The molecule has 60 heavy (non-hydrogen) atoms. The minimum Gasteiger partial charge on any atom is -0.490 e. The van der Waals surface area contributed by atoms with Crippen LogP contribution >= 0.6 is 46.4 Å². The van der Waals surface area contributed by atoms with Crippen LogP contribution in [0.15, 0.2) is 135 Å². The van der Waals surface area contributed by atoms with E-state index in [0.29, 0.717) is 30.3 Å². The quantitative estimate of drug-likeness (QED) is 0.0479. The molecule has 3 heterocycles. The SMILES string of the molecule is C=CCOc1ccc(/C(=C\C2(/C=C(\c3ccc(OCC=C)cc3)c3ccc(N4CCCC4)cc3)OC(=O)c3c(Cl)c(Cl)c(Cl)c(Cl)c32)c2ccc(N3CCCC3)cc2)cc1. The molecule has 5 aromatic rings. The molecule has 3 aliphatic heterocycles. The lowest BCUT2D eigenvalue weighted by Gasteiger charge is -2.28. The summed E-state index contributed by atoms with van der Waals surface area (Å²) in [6.45, 7) is 12.4. The minimum absolute atomic E-state index is 0.0204. The van der Waals surface area contributed by atoms with E-state index in [1.807, 2.05) is 60.7 Å². The van der Waals surface area contributed by atoms with Crippen molar-refractivity contribution in [2.75, 3.05) is 49.2 Å². The van der Waals surface area contributed by atoms with Crippen LogP contribution in [0.4, 0.5) is 11.4 Å². The van der Waals surface area contributed by atoms with Crippen LogP contribution in [0, 0.1) is 0 Å². The van der Waals surface area contributed by atoms with Crippen LogP contribution in [0.3, 0.4) is 0 Å².